The molecular weight excluding hydrogens is 354 g/mol. The van der Waals surface area contributed by atoms with E-state index in [1.807, 2.05) is 39.8 Å². The molecule has 2 amide bonds. The summed E-state index contributed by atoms with van der Waals surface area (Å²) in [6.45, 7) is 9.86. The molecule has 0 bridgehead atoms. The third kappa shape index (κ3) is 4.89. The van der Waals surface area contributed by atoms with Crippen LogP contribution < -0.4 is 10.5 Å². The second-order valence-electron chi connectivity index (χ2n) is 7.65. The number of rotatable bonds is 3. The predicted molar refractivity (Wildman–Crippen MR) is 105 cm³/mol. The maximum Gasteiger partial charge on any atom is 0.254 e. The van der Waals surface area contributed by atoms with E-state index in [1.165, 1.54) is 0 Å². The molecule has 1 saturated heterocycles. The van der Waals surface area contributed by atoms with Crippen molar-refractivity contribution in [3.63, 3.8) is 0 Å². The standard InChI is InChI=1S/C19H29N3O3.ClH/c1-13-6-7-14(12-15(13)25-5)17(23)21-8-10-22(11-9-21)18(24)16(20)19(2,3)4;/h6-7,12,16H,8-11,20H2,1-5H3;1H/t16-;/m1./s1. The van der Waals surface area contributed by atoms with Crippen LogP contribution in [0.3, 0.4) is 0 Å². The monoisotopic (exact) mass is 383 g/mol. The van der Waals surface area contributed by atoms with Crippen molar-refractivity contribution < 1.29 is 14.3 Å². The summed E-state index contributed by atoms with van der Waals surface area (Å²) < 4.78 is 5.29. The van der Waals surface area contributed by atoms with Gasteiger partial charge in [-0.15, -0.1) is 12.4 Å². The summed E-state index contributed by atoms with van der Waals surface area (Å²) in [7, 11) is 1.60. The molecular formula is C19H30ClN3O3. The molecule has 1 aliphatic heterocycles. The largest absolute Gasteiger partial charge is 0.496 e. The fourth-order valence-corrected chi connectivity index (χ4v) is 2.83. The second kappa shape index (κ2) is 8.73. The number of hydrogen-bond donors (Lipinski definition) is 1. The number of benzene rings is 1. The van der Waals surface area contributed by atoms with E-state index in [0.717, 1.165) is 5.56 Å². The number of aryl methyl sites for hydroxylation is 1. The van der Waals surface area contributed by atoms with Crippen LogP contribution in [-0.2, 0) is 4.79 Å². The zero-order valence-corrected chi connectivity index (χ0v) is 17.1. The lowest BCUT2D eigenvalue weighted by atomic mass is 9.86. The Morgan fingerprint density at radius 2 is 1.65 bits per heavy atom. The predicted octanol–water partition coefficient (Wildman–Crippen LogP) is 2.08. The van der Waals surface area contributed by atoms with Crippen LogP contribution in [0, 0.1) is 12.3 Å². The van der Waals surface area contributed by atoms with Gasteiger partial charge in [0, 0.05) is 31.7 Å². The normalized spacial score (nSPS) is 15.9. The van der Waals surface area contributed by atoms with Crippen molar-refractivity contribution in [3.8, 4) is 5.75 Å². The molecule has 0 aromatic heterocycles. The number of amides is 2. The highest BCUT2D eigenvalue weighted by Gasteiger charge is 2.33. The number of ether oxygens (including phenoxy) is 1. The minimum Gasteiger partial charge on any atom is -0.496 e. The number of carbonyl (C=O) groups is 2. The summed E-state index contributed by atoms with van der Waals surface area (Å²) in [5, 5.41) is 0. The lowest BCUT2D eigenvalue weighted by Gasteiger charge is -2.38. The molecule has 1 aromatic carbocycles. The average Bonchev–Trinajstić information content (AvgIpc) is 2.59. The summed E-state index contributed by atoms with van der Waals surface area (Å²) >= 11 is 0. The first-order valence-corrected chi connectivity index (χ1v) is 8.63. The van der Waals surface area contributed by atoms with Gasteiger partial charge in [-0.2, -0.15) is 0 Å². The Hall–Kier alpha value is -1.79. The van der Waals surface area contributed by atoms with Crippen molar-refractivity contribution in [2.45, 2.75) is 33.7 Å². The number of nitrogens with zero attached hydrogens (tertiary/aromatic N) is 2. The zero-order valence-electron chi connectivity index (χ0n) is 16.2. The van der Waals surface area contributed by atoms with Crippen LogP contribution in [0.2, 0.25) is 0 Å². The highest BCUT2D eigenvalue weighted by Crippen LogP contribution is 2.22. The molecule has 0 aliphatic carbocycles. The molecule has 0 unspecified atom stereocenters. The van der Waals surface area contributed by atoms with Crippen LogP contribution >= 0.6 is 12.4 Å². The number of halogens is 1. The molecule has 1 heterocycles. The molecule has 1 aliphatic rings. The van der Waals surface area contributed by atoms with Gasteiger partial charge in [0.05, 0.1) is 13.2 Å². The Bertz CT molecular complexity index is 650. The van der Waals surface area contributed by atoms with Crippen molar-refractivity contribution in [3.05, 3.63) is 29.3 Å². The summed E-state index contributed by atoms with van der Waals surface area (Å²) in [4.78, 5) is 28.7. The van der Waals surface area contributed by atoms with Crippen molar-refractivity contribution in [1.82, 2.24) is 9.80 Å². The van der Waals surface area contributed by atoms with E-state index in [0.29, 0.717) is 37.5 Å². The number of carbonyl (C=O) groups excluding carboxylic acids is 2. The number of nitrogens with two attached hydrogens (primary N) is 1. The molecule has 0 spiro atoms. The van der Waals surface area contributed by atoms with Gasteiger partial charge < -0.3 is 20.3 Å². The highest BCUT2D eigenvalue weighted by atomic mass is 35.5. The Balaban J connectivity index is 0.00000338. The van der Waals surface area contributed by atoms with Crippen LogP contribution in [0.4, 0.5) is 0 Å². The van der Waals surface area contributed by atoms with E-state index in [1.54, 1.807) is 23.0 Å². The maximum atomic E-state index is 12.7. The Labute approximate surface area is 162 Å². The molecule has 0 radical (unpaired) electrons. The first-order valence-electron chi connectivity index (χ1n) is 8.63. The summed E-state index contributed by atoms with van der Waals surface area (Å²) in [6.07, 6.45) is 0. The van der Waals surface area contributed by atoms with Crippen LogP contribution in [0.25, 0.3) is 0 Å². The van der Waals surface area contributed by atoms with Gasteiger partial charge in [-0.1, -0.05) is 26.8 Å². The Kier molecular flexibility index (Phi) is 7.47. The fraction of sp³-hybridized carbons (Fsp3) is 0.579. The number of methoxy groups -OCH3 is 1. The third-order valence-electron chi connectivity index (χ3n) is 4.73. The SMILES string of the molecule is COc1cc(C(=O)N2CCN(C(=O)[C@@H](N)C(C)(C)C)CC2)ccc1C.Cl. The molecule has 2 N–H and O–H groups in total. The van der Waals surface area contributed by atoms with Gasteiger partial charge in [-0.25, -0.2) is 0 Å². The molecule has 1 fully saturated rings. The molecule has 6 nitrogen and oxygen atoms in total. The molecule has 1 atom stereocenters. The molecule has 0 saturated carbocycles. The summed E-state index contributed by atoms with van der Waals surface area (Å²) in [6, 6.07) is 4.93. The van der Waals surface area contributed by atoms with E-state index in [9.17, 15) is 9.59 Å². The van der Waals surface area contributed by atoms with E-state index >= 15 is 0 Å². The second-order valence-corrected chi connectivity index (χ2v) is 7.65. The van der Waals surface area contributed by atoms with Gasteiger partial charge in [-0.3, -0.25) is 9.59 Å². The third-order valence-corrected chi connectivity index (χ3v) is 4.73. The fourth-order valence-electron chi connectivity index (χ4n) is 2.83. The topological polar surface area (TPSA) is 75.9 Å². The Morgan fingerprint density at radius 1 is 1.12 bits per heavy atom. The quantitative estimate of drug-likeness (QED) is 0.867. The van der Waals surface area contributed by atoms with Crippen molar-refractivity contribution in [2.75, 3.05) is 33.3 Å². The van der Waals surface area contributed by atoms with Gasteiger partial charge in [0.1, 0.15) is 5.75 Å². The minimum atomic E-state index is -0.531. The first-order chi connectivity index (χ1) is 11.6. The van der Waals surface area contributed by atoms with Crippen LogP contribution in [-0.4, -0.2) is 60.9 Å². The first kappa shape index (κ1) is 22.3. The molecule has 26 heavy (non-hydrogen) atoms. The van der Waals surface area contributed by atoms with Gasteiger partial charge in [0.25, 0.3) is 5.91 Å². The van der Waals surface area contributed by atoms with Gasteiger partial charge in [-0.05, 0) is 30.0 Å². The lowest BCUT2D eigenvalue weighted by Crippen LogP contribution is -2.56. The molecule has 7 heteroatoms. The van der Waals surface area contributed by atoms with Crippen LogP contribution in [0.5, 0.6) is 5.75 Å². The van der Waals surface area contributed by atoms with Gasteiger partial charge in [0.2, 0.25) is 5.91 Å². The lowest BCUT2D eigenvalue weighted by molar-refractivity contribution is -0.136. The van der Waals surface area contributed by atoms with Crippen molar-refractivity contribution in [1.29, 1.82) is 0 Å². The van der Waals surface area contributed by atoms with E-state index < -0.39 is 6.04 Å². The summed E-state index contributed by atoms with van der Waals surface area (Å²) in [5.41, 5.74) is 7.39. The molecule has 1 aromatic rings. The smallest absolute Gasteiger partial charge is 0.254 e. The van der Waals surface area contributed by atoms with Crippen molar-refractivity contribution >= 4 is 24.2 Å². The molecule has 146 valence electrons. The maximum absolute atomic E-state index is 12.7. The molecule has 2 rings (SSSR count). The van der Waals surface area contributed by atoms with Gasteiger partial charge in [0.15, 0.2) is 0 Å². The van der Waals surface area contributed by atoms with E-state index in [-0.39, 0.29) is 29.6 Å². The minimum absolute atomic E-state index is 0. The van der Waals surface area contributed by atoms with E-state index in [2.05, 4.69) is 0 Å². The average molecular weight is 384 g/mol. The zero-order chi connectivity index (χ0) is 18.8. The number of hydrogen-bond acceptors (Lipinski definition) is 4. The highest BCUT2D eigenvalue weighted by molar-refractivity contribution is 5.95. The number of piperazine rings is 1. The summed E-state index contributed by atoms with van der Waals surface area (Å²) in [5.74, 6) is 0.623. The van der Waals surface area contributed by atoms with E-state index in [4.69, 9.17) is 10.5 Å². The Morgan fingerprint density at radius 3 is 2.15 bits per heavy atom. The van der Waals surface area contributed by atoms with Crippen LogP contribution in [0.15, 0.2) is 18.2 Å². The van der Waals surface area contributed by atoms with Crippen molar-refractivity contribution in [2.24, 2.45) is 11.1 Å². The van der Waals surface area contributed by atoms with Crippen LogP contribution in [0.1, 0.15) is 36.7 Å². The van der Waals surface area contributed by atoms with Gasteiger partial charge >= 0.3 is 0 Å².